The molecule has 0 aromatic rings. The lowest BCUT2D eigenvalue weighted by molar-refractivity contribution is 0.189. The average Bonchev–Trinajstić information content (AvgIpc) is 2.38. The van der Waals surface area contributed by atoms with Gasteiger partial charge in [0.1, 0.15) is 0 Å². The van der Waals surface area contributed by atoms with Gasteiger partial charge in [-0.15, -0.1) is 0 Å². The second-order valence-corrected chi connectivity index (χ2v) is 7.04. The summed E-state index contributed by atoms with van der Waals surface area (Å²) in [5, 5.41) is 8.36. The first-order valence-corrected chi connectivity index (χ1v) is 9.72. The molecule has 1 amide bonds. The van der Waals surface area contributed by atoms with Crippen LogP contribution in [0.1, 0.15) is 84.5 Å². The van der Waals surface area contributed by atoms with Crippen LogP contribution in [-0.4, -0.2) is 25.7 Å². The van der Waals surface area contributed by atoms with Gasteiger partial charge in [-0.1, -0.05) is 71.1 Å². The molecule has 0 aliphatic heterocycles. The summed E-state index contributed by atoms with van der Waals surface area (Å²) in [4.78, 5) is 10.3. The second-order valence-electron chi connectivity index (χ2n) is 5.74. The number of nitrogens with one attached hydrogen (secondary N) is 1. The Hall–Kier alpha value is -0.820. The Bertz CT molecular complexity index is 383. The monoisotopic (exact) mass is 337 g/mol. The summed E-state index contributed by atoms with van der Waals surface area (Å²) in [5.41, 5.74) is 0. The largest absolute Gasteiger partial charge is 0.464 e. The van der Waals surface area contributed by atoms with Crippen LogP contribution >= 0.6 is 0 Å². The molecule has 1 unspecified atom stereocenters. The van der Waals surface area contributed by atoms with Gasteiger partial charge in [-0.2, -0.15) is 13.1 Å². The van der Waals surface area contributed by atoms with Gasteiger partial charge in [0.15, 0.2) is 0 Å². The topological polar surface area (TPSA) is 92.7 Å². The first-order valence-electron chi connectivity index (χ1n) is 8.31. The maximum atomic E-state index is 11.2. The van der Waals surface area contributed by atoms with Crippen molar-refractivity contribution in [2.45, 2.75) is 90.6 Å². The minimum atomic E-state index is -4.19. The quantitative estimate of drug-likeness (QED) is 0.463. The van der Waals surface area contributed by atoms with Gasteiger partial charge in [0.2, 0.25) is 0 Å². The van der Waals surface area contributed by atoms with Gasteiger partial charge >= 0.3 is 16.4 Å². The molecule has 0 radical (unpaired) electrons. The van der Waals surface area contributed by atoms with Crippen molar-refractivity contribution in [3.63, 3.8) is 0 Å². The summed E-state index contributed by atoms with van der Waals surface area (Å²) < 4.78 is 28.5. The van der Waals surface area contributed by atoms with Crippen LogP contribution in [0.4, 0.5) is 4.79 Å². The van der Waals surface area contributed by atoms with Crippen molar-refractivity contribution in [3.8, 4) is 0 Å². The molecule has 1 atom stereocenters. The van der Waals surface area contributed by atoms with E-state index >= 15 is 0 Å². The van der Waals surface area contributed by atoms with Crippen molar-refractivity contribution in [2.75, 3.05) is 0 Å². The zero-order chi connectivity index (χ0) is 16.8. The van der Waals surface area contributed by atoms with E-state index in [1.165, 1.54) is 49.7 Å². The summed E-state index contributed by atoms with van der Waals surface area (Å²) in [7, 11) is -4.19. The van der Waals surface area contributed by atoms with Crippen molar-refractivity contribution in [1.82, 2.24) is 4.72 Å². The highest BCUT2D eigenvalue weighted by atomic mass is 32.2. The van der Waals surface area contributed by atoms with Gasteiger partial charge in [0, 0.05) is 0 Å². The molecule has 2 N–H and O–H groups in total. The van der Waals surface area contributed by atoms with Crippen LogP contribution in [0.5, 0.6) is 0 Å². The van der Waals surface area contributed by atoms with Crippen molar-refractivity contribution in [1.29, 1.82) is 0 Å². The minimum absolute atomic E-state index is 0.508. The summed E-state index contributed by atoms with van der Waals surface area (Å²) in [6.45, 7) is 3.85. The van der Waals surface area contributed by atoms with Gasteiger partial charge in [-0.25, -0.2) is 4.79 Å². The molecule has 0 aromatic carbocycles. The Morgan fingerprint density at radius 3 is 1.91 bits per heavy atom. The summed E-state index contributed by atoms with van der Waals surface area (Å²) in [5.74, 6) is 0. The van der Waals surface area contributed by atoms with E-state index in [1.54, 1.807) is 6.92 Å². The normalized spacial score (nSPS) is 13.0. The van der Waals surface area contributed by atoms with Crippen LogP contribution in [0, 0.1) is 0 Å². The SMILES string of the molecule is CCCCCCCCCCCCC(C)OS(=O)(=O)NC(=O)O. The van der Waals surface area contributed by atoms with Crippen LogP contribution in [0.25, 0.3) is 0 Å². The lowest BCUT2D eigenvalue weighted by Crippen LogP contribution is -2.32. The Morgan fingerprint density at radius 2 is 1.45 bits per heavy atom. The summed E-state index contributed by atoms with van der Waals surface area (Å²) in [6.07, 6.45) is 10.6. The molecule has 132 valence electrons. The predicted octanol–water partition coefficient (Wildman–Crippen LogP) is 4.21. The molecule has 0 fully saturated rings. The molecule has 0 rings (SSSR count). The van der Waals surface area contributed by atoms with Crippen molar-refractivity contribution in [3.05, 3.63) is 0 Å². The first-order chi connectivity index (χ1) is 10.4. The average molecular weight is 337 g/mol. The Kier molecular flexibility index (Phi) is 12.2. The second kappa shape index (κ2) is 12.7. The number of unbranched alkanes of at least 4 members (excludes halogenated alkanes) is 9. The van der Waals surface area contributed by atoms with E-state index in [1.807, 2.05) is 0 Å². The lowest BCUT2D eigenvalue weighted by atomic mass is 10.1. The predicted molar refractivity (Wildman–Crippen MR) is 87.1 cm³/mol. The highest BCUT2D eigenvalue weighted by molar-refractivity contribution is 7.85. The van der Waals surface area contributed by atoms with Crippen LogP contribution in [-0.2, 0) is 14.5 Å². The fourth-order valence-corrected chi connectivity index (χ4v) is 3.11. The summed E-state index contributed by atoms with van der Waals surface area (Å²) in [6, 6.07) is 0. The van der Waals surface area contributed by atoms with E-state index in [0.29, 0.717) is 6.42 Å². The van der Waals surface area contributed by atoms with Gasteiger partial charge < -0.3 is 5.11 Å². The van der Waals surface area contributed by atoms with Gasteiger partial charge in [-0.3, -0.25) is 4.18 Å². The van der Waals surface area contributed by atoms with Crippen molar-refractivity contribution >= 4 is 16.4 Å². The molecule has 0 saturated heterocycles. The molecule has 0 saturated carbocycles. The third-order valence-electron chi connectivity index (χ3n) is 3.47. The first kappa shape index (κ1) is 21.2. The van der Waals surface area contributed by atoms with E-state index in [4.69, 9.17) is 9.29 Å². The smallest absolute Gasteiger partial charge is 0.420 e. The Labute approximate surface area is 134 Å². The molecular weight excluding hydrogens is 306 g/mol. The number of rotatable bonds is 14. The van der Waals surface area contributed by atoms with Crippen LogP contribution in [0.2, 0.25) is 0 Å². The molecule has 0 bridgehead atoms. The zero-order valence-corrected chi connectivity index (χ0v) is 14.7. The minimum Gasteiger partial charge on any atom is -0.464 e. The van der Waals surface area contributed by atoms with Crippen LogP contribution in [0.15, 0.2) is 0 Å². The molecule has 0 aliphatic rings. The molecular formula is C15H31NO5S. The van der Waals surface area contributed by atoms with Gasteiger partial charge in [0.05, 0.1) is 6.10 Å². The fourth-order valence-electron chi connectivity index (χ4n) is 2.31. The number of amides is 1. The lowest BCUT2D eigenvalue weighted by Gasteiger charge is -2.12. The third-order valence-corrected chi connectivity index (χ3v) is 4.47. The highest BCUT2D eigenvalue weighted by Crippen LogP contribution is 2.13. The van der Waals surface area contributed by atoms with E-state index < -0.39 is 22.5 Å². The number of carboxylic acid groups (broad SMARTS) is 1. The van der Waals surface area contributed by atoms with E-state index in [2.05, 4.69) is 6.92 Å². The van der Waals surface area contributed by atoms with E-state index in [-0.39, 0.29) is 0 Å². The third kappa shape index (κ3) is 14.1. The van der Waals surface area contributed by atoms with Crippen LogP contribution in [0.3, 0.4) is 0 Å². The van der Waals surface area contributed by atoms with Gasteiger partial charge in [-0.05, 0) is 13.3 Å². The fraction of sp³-hybridized carbons (Fsp3) is 0.933. The Morgan fingerprint density at radius 1 is 1.00 bits per heavy atom. The molecule has 7 heteroatoms. The maximum Gasteiger partial charge on any atom is 0.420 e. The molecule has 0 aromatic heterocycles. The van der Waals surface area contributed by atoms with Crippen LogP contribution < -0.4 is 4.72 Å². The molecule has 0 heterocycles. The van der Waals surface area contributed by atoms with E-state index in [0.717, 1.165) is 19.3 Å². The number of carbonyl (C=O) groups is 1. The van der Waals surface area contributed by atoms with Gasteiger partial charge in [0.25, 0.3) is 0 Å². The van der Waals surface area contributed by atoms with Crippen molar-refractivity contribution < 1.29 is 22.5 Å². The molecule has 6 nitrogen and oxygen atoms in total. The molecule has 0 spiro atoms. The maximum absolute atomic E-state index is 11.2. The highest BCUT2D eigenvalue weighted by Gasteiger charge is 2.17. The molecule has 22 heavy (non-hydrogen) atoms. The molecule has 0 aliphatic carbocycles. The Balaban J connectivity index is 3.49. The van der Waals surface area contributed by atoms with Crippen molar-refractivity contribution in [2.24, 2.45) is 0 Å². The zero-order valence-electron chi connectivity index (χ0n) is 13.8. The standard InChI is InChI=1S/C15H31NO5S/c1-3-4-5-6-7-8-9-10-11-12-13-14(2)21-22(19,20)16-15(17)18/h14,16H,3-13H2,1-2H3,(H,17,18). The number of hydrogen-bond acceptors (Lipinski definition) is 4. The number of hydrogen-bond donors (Lipinski definition) is 2. The van der Waals surface area contributed by atoms with E-state index in [9.17, 15) is 13.2 Å². The summed E-state index contributed by atoms with van der Waals surface area (Å²) >= 11 is 0.